The van der Waals surface area contributed by atoms with Crippen molar-refractivity contribution in [1.82, 2.24) is 25.3 Å². The maximum atomic E-state index is 12.2. The van der Waals surface area contributed by atoms with Crippen LogP contribution < -0.4 is 5.32 Å². The third kappa shape index (κ3) is 3.85. The van der Waals surface area contributed by atoms with Crippen molar-refractivity contribution in [3.05, 3.63) is 11.8 Å². The van der Waals surface area contributed by atoms with Gasteiger partial charge in [0, 0.05) is 45.4 Å². The maximum Gasteiger partial charge on any atom is 0.317 e. The van der Waals surface area contributed by atoms with Crippen LogP contribution in [-0.4, -0.2) is 58.1 Å². The van der Waals surface area contributed by atoms with Crippen LogP contribution in [0.4, 0.5) is 4.79 Å². The van der Waals surface area contributed by atoms with Crippen LogP contribution in [0.15, 0.2) is 4.42 Å². The number of hydrogen-bond donors (Lipinski definition) is 1. The number of likely N-dealkylation sites (tertiary alicyclic amines) is 1. The minimum Gasteiger partial charge on any atom is -0.424 e. The lowest BCUT2D eigenvalue weighted by Crippen LogP contribution is -2.40. The average molecular weight is 335 g/mol. The van der Waals surface area contributed by atoms with Crippen LogP contribution >= 0.6 is 0 Å². The Kier molecular flexibility index (Phi) is 5.01. The topological polar surface area (TPSA) is 91.6 Å². The van der Waals surface area contributed by atoms with Gasteiger partial charge in [0.1, 0.15) is 6.54 Å². The molecule has 1 aromatic heterocycles. The maximum absolute atomic E-state index is 12.2. The third-order valence-corrected chi connectivity index (χ3v) is 4.83. The fourth-order valence-corrected chi connectivity index (χ4v) is 3.56. The molecule has 0 bridgehead atoms. The molecule has 0 radical (unpaired) electrons. The molecule has 1 atom stereocenters. The van der Waals surface area contributed by atoms with Crippen molar-refractivity contribution in [2.45, 2.75) is 51.6 Å². The minimum absolute atomic E-state index is 0.195. The number of hydrogen-bond acceptors (Lipinski definition) is 5. The van der Waals surface area contributed by atoms with Gasteiger partial charge in [-0.2, -0.15) is 0 Å². The number of urea groups is 1. The predicted octanol–water partition coefficient (Wildman–Crippen LogP) is 1.31. The van der Waals surface area contributed by atoms with Crippen molar-refractivity contribution in [2.75, 3.05) is 20.1 Å². The van der Waals surface area contributed by atoms with Gasteiger partial charge in [0.15, 0.2) is 0 Å². The molecule has 3 rings (SSSR count). The Morgan fingerprint density at radius 3 is 2.79 bits per heavy atom. The summed E-state index contributed by atoms with van der Waals surface area (Å²) < 4.78 is 5.27. The van der Waals surface area contributed by atoms with E-state index in [0.717, 1.165) is 19.4 Å². The molecule has 8 nitrogen and oxygen atoms in total. The molecule has 8 heteroatoms. The number of aromatic nitrogens is 2. The molecule has 2 fully saturated rings. The summed E-state index contributed by atoms with van der Waals surface area (Å²) in [5, 5.41) is 10.5. The molecule has 0 unspecified atom stereocenters. The number of carbonyl (C=O) groups excluding carboxylic acids is 2. The van der Waals surface area contributed by atoms with E-state index in [1.165, 1.54) is 17.7 Å². The van der Waals surface area contributed by atoms with Gasteiger partial charge in [0.25, 0.3) is 0 Å². The molecule has 1 aliphatic heterocycles. The molecule has 1 aliphatic carbocycles. The summed E-state index contributed by atoms with van der Waals surface area (Å²) >= 11 is 0. The van der Waals surface area contributed by atoms with Crippen LogP contribution in [0.25, 0.3) is 0 Å². The van der Waals surface area contributed by atoms with Gasteiger partial charge in [-0.05, 0) is 12.8 Å². The highest BCUT2D eigenvalue weighted by Gasteiger charge is 2.35. The molecule has 132 valence electrons. The number of carbonyl (C=O) groups is 2. The molecule has 1 N–H and O–H groups in total. The van der Waals surface area contributed by atoms with Gasteiger partial charge in [0.2, 0.25) is 17.7 Å². The van der Waals surface area contributed by atoms with Crippen LogP contribution in [0.5, 0.6) is 0 Å². The highest BCUT2D eigenvalue weighted by atomic mass is 16.4. The number of nitrogens with zero attached hydrogens (tertiary/aromatic N) is 4. The first-order chi connectivity index (χ1) is 11.5. The Bertz CT molecular complexity index is 596. The third-order valence-electron chi connectivity index (χ3n) is 4.83. The largest absolute Gasteiger partial charge is 0.424 e. The fourth-order valence-electron chi connectivity index (χ4n) is 3.56. The van der Waals surface area contributed by atoms with Crippen molar-refractivity contribution in [2.24, 2.45) is 5.92 Å². The minimum atomic E-state index is -0.197. The summed E-state index contributed by atoms with van der Waals surface area (Å²) in [6, 6.07) is 0.222. The second-order valence-electron chi connectivity index (χ2n) is 6.81. The van der Waals surface area contributed by atoms with E-state index < -0.39 is 0 Å². The lowest BCUT2D eigenvalue weighted by atomic mass is 10.1. The summed E-state index contributed by atoms with van der Waals surface area (Å²) in [5.41, 5.74) is 0. The van der Waals surface area contributed by atoms with Gasteiger partial charge in [-0.15, -0.1) is 10.2 Å². The summed E-state index contributed by atoms with van der Waals surface area (Å²) in [7, 11) is 1.68. The van der Waals surface area contributed by atoms with E-state index in [4.69, 9.17) is 4.42 Å². The quantitative estimate of drug-likeness (QED) is 0.876. The van der Waals surface area contributed by atoms with E-state index in [2.05, 4.69) is 15.5 Å². The Morgan fingerprint density at radius 2 is 2.12 bits per heavy atom. The van der Waals surface area contributed by atoms with Crippen molar-refractivity contribution >= 4 is 11.9 Å². The number of amides is 3. The SMILES string of the molecule is Cc1nnc(CN(C)C(=O)NC[C@H]2CC(=O)N(C3CCCC3)C2)o1. The smallest absolute Gasteiger partial charge is 0.317 e. The lowest BCUT2D eigenvalue weighted by Gasteiger charge is -2.24. The summed E-state index contributed by atoms with van der Waals surface area (Å²) in [6.07, 6.45) is 5.21. The van der Waals surface area contributed by atoms with Gasteiger partial charge in [-0.3, -0.25) is 4.79 Å². The molecular formula is C16H25N5O3. The number of rotatable bonds is 5. The second-order valence-corrected chi connectivity index (χ2v) is 6.81. The van der Waals surface area contributed by atoms with E-state index in [1.807, 2.05) is 4.90 Å². The van der Waals surface area contributed by atoms with Crippen LogP contribution in [0.2, 0.25) is 0 Å². The molecule has 3 amide bonds. The van der Waals surface area contributed by atoms with E-state index in [1.54, 1.807) is 14.0 Å². The zero-order chi connectivity index (χ0) is 17.1. The van der Waals surface area contributed by atoms with E-state index >= 15 is 0 Å². The van der Waals surface area contributed by atoms with Gasteiger partial charge in [0.05, 0.1) is 0 Å². The van der Waals surface area contributed by atoms with Gasteiger partial charge >= 0.3 is 6.03 Å². The number of aryl methyl sites for hydroxylation is 1. The van der Waals surface area contributed by atoms with Crippen LogP contribution in [0.1, 0.15) is 43.9 Å². The molecule has 24 heavy (non-hydrogen) atoms. The van der Waals surface area contributed by atoms with E-state index in [0.29, 0.717) is 30.8 Å². The highest BCUT2D eigenvalue weighted by molar-refractivity contribution is 5.79. The highest BCUT2D eigenvalue weighted by Crippen LogP contribution is 2.29. The van der Waals surface area contributed by atoms with E-state index in [-0.39, 0.29) is 24.4 Å². The molecule has 2 heterocycles. The zero-order valence-electron chi connectivity index (χ0n) is 14.3. The van der Waals surface area contributed by atoms with E-state index in [9.17, 15) is 9.59 Å². The predicted molar refractivity (Wildman–Crippen MR) is 86.0 cm³/mol. The fraction of sp³-hybridized carbons (Fsp3) is 0.750. The van der Waals surface area contributed by atoms with Crippen molar-refractivity contribution in [1.29, 1.82) is 0 Å². The van der Waals surface area contributed by atoms with Gasteiger partial charge in [-0.1, -0.05) is 12.8 Å². The van der Waals surface area contributed by atoms with Crippen molar-refractivity contribution in [3.8, 4) is 0 Å². The first-order valence-corrected chi connectivity index (χ1v) is 8.60. The van der Waals surface area contributed by atoms with Gasteiger partial charge < -0.3 is 19.5 Å². The molecule has 1 saturated heterocycles. The van der Waals surface area contributed by atoms with Crippen molar-refractivity contribution in [3.63, 3.8) is 0 Å². The van der Waals surface area contributed by atoms with Gasteiger partial charge in [-0.25, -0.2) is 4.79 Å². The normalized spacial score (nSPS) is 21.5. The molecule has 0 aromatic carbocycles. The summed E-state index contributed by atoms with van der Waals surface area (Å²) in [4.78, 5) is 27.8. The molecule has 0 spiro atoms. The Labute approximate surface area is 141 Å². The molecular weight excluding hydrogens is 310 g/mol. The second kappa shape index (κ2) is 7.19. The van der Waals surface area contributed by atoms with Crippen LogP contribution in [-0.2, 0) is 11.3 Å². The molecule has 1 aromatic rings. The average Bonchev–Trinajstić information content (AvgIpc) is 3.26. The first kappa shape index (κ1) is 16.7. The Hall–Kier alpha value is -2.12. The lowest BCUT2D eigenvalue weighted by molar-refractivity contribution is -0.129. The summed E-state index contributed by atoms with van der Waals surface area (Å²) in [5.74, 6) is 1.32. The molecule has 1 saturated carbocycles. The first-order valence-electron chi connectivity index (χ1n) is 8.60. The van der Waals surface area contributed by atoms with Crippen LogP contribution in [0.3, 0.4) is 0 Å². The zero-order valence-corrected chi connectivity index (χ0v) is 14.3. The van der Waals surface area contributed by atoms with Crippen LogP contribution in [0, 0.1) is 12.8 Å². The standard InChI is InChI=1S/C16H25N5O3/c1-11-18-19-14(24-11)10-20(2)16(23)17-8-12-7-15(22)21(9-12)13-5-3-4-6-13/h12-13H,3-10H2,1-2H3,(H,17,23)/t12-/m1/s1. The number of nitrogens with one attached hydrogen (secondary N) is 1. The Balaban J connectivity index is 1.43. The van der Waals surface area contributed by atoms with Crippen molar-refractivity contribution < 1.29 is 14.0 Å². The summed E-state index contributed by atoms with van der Waals surface area (Å²) in [6.45, 7) is 3.26. The molecule has 2 aliphatic rings. The monoisotopic (exact) mass is 335 g/mol. The Morgan fingerprint density at radius 1 is 1.38 bits per heavy atom.